The van der Waals surface area contributed by atoms with E-state index in [-0.39, 0.29) is 0 Å². The van der Waals surface area contributed by atoms with Gasteiger partial charge in [-0.05, 0) is 68.1 Å². The van der Waals surface area contributed by atoms with E-state index in [9.17, 15) is 0 Å². The highest BCUT2D eigenvalue weighted by atomic mass is 15.0. The standard InChI is InChI=1S/C17H29N/c1-2-11-4-3-5-14(9-6-11)18-17-15-12-7-8-13(10-12)16(15)17/h11-18H,2-10H2,1H3. The minimum atomic E-state index is 0.872. The molecular weight excluding hydrogens is 218 g/mol. The molecule has 1 N–H and O–H groups in total. The van der Waals surface area contributed by atoms with Gasteiger partial charge in [-0.1, -0.05) is 26.2 Å². The molecule has 4 aliphatic carbocycles. The zero-order valence-electron chi connectivity index (χ0n) is 11.9. The van der Waals surface area contributed by atoms with Crippen molar-refractivity contribution < 1.29 is 0 Å². The minimum Gasteiger partial charge on any atom is -0.311 e. The third-order valence-electron chi connectivity index (χ3n) is 6.83. The van der Waals surface area contributed by atoms with E-state index in [4.69, 9.17) is 0 Å². The van der Waals surface area contributed by atoms with Gasteiger partial charge in [-0.2, -0.15) is 0 Å². The first-order valence-electron chi connectivity index (χ1n) is 8.63. The summed E-state index contributed by atoms with van der Waals surface area (Å²) in [5.41, 5.74) is 0. The summed E-state index contributed by atoms with van der Waals surface area (Å²) in [5.74, 6) is 5.54. The molecule has 4 aliphatic rings. The van der Waals surface area contributed by atoms with E-state index >= 15 is 0 Å². The highest BCUT2D eigenvalue weighted by Crippen LogP contribution is 2.65. The molecule has 0 heterocycles. The summed E-state index contributed by atoms with van der Waals surface area (Å²) in [5, 5.41) is 4.08. The van der Waals surface area contributed by atoms with Gasteiger partial charge in [0.15, 0.2) is 0 Å². The number of hydrogen-bond donors (Lipinski definition) is 1. The summed E-state index contributed by atoms with van der Waals surface area (Å²) in [7, 11) is 0. The molecule has 0 aromatic heterocycles. The third kappa shape index (κ3) is 1.85. The fourth-order valence-corrected chi connectivity index (χ4v) is 5.77. The zero-order chi connectivity index (χ0) is 12.1. The molecule has 0 amide bonds. The lowest BCUT2D eigenvalue weighted by Gasteiger charge is -2.19. The van der Waals surface area contributed by atoms with Crippen molar-refractivity contribution in [1.82, 2.24) is 5.32 Å². The summed E-state index contributed by atoms with van der Waals surface area (Å²) >= 11 is 0. The Morgan fingerprint density at radius 3 is 2.39 bits per heavy atom. The predicted molar refractivity (Wildman–Crippen MR) is 75.4 cm³/mol. The van der Waals surface area contributed by atoms with E-state index in [0.29, 0.717) is 0 Å². The maximum Gasteiger partial charge on any atom is 0.0138 e. The average molecular weight is 247 g/mol. The molecule has 1 heteroatoms. The summed E-state index contributed by atoms with van der Waals surface area (Å²) < 4.78 is 0. The fourth-order valence-electron chi connectivity index (χ4n) is 5.77. The van der Waals surface area contributed by atoms with Gasteiger partial charge in [-0.15, -0.1) is 0 Å². The highest BCUT2D eigenvalue weighted by molar-refractivity contribution is 5.17. The Balaban J connectivity index is 1.31. The van der Waals surface area contributed by atoms with Crippen molar-refractivity contribution in [2.75, 3.05) is 0 Å². The molecule has 18 heavy (non-hydrogen) atoms. The van der Waals surface area contributed by atoms with E-state index in [1.165, 1.54) is 38.5 Å². The van der Waals surface area contributed by atoms with Crippen molar-refractivity contribution in [1.29, 1.82) is 0 Å². The van der Waals surface area contributed by atoms with Gasteiger partial charge in [-0.3, -0.25) is 0 Å². The van der Waals surface area contributed by atoms with Gasteiger partial charge in [0.2, 0.25) is 0 Å². The monoisotopic (exact) mass is 247 g/mol. The number of hydrogen-bond acceptors (Lipinski definition) is 1. The molecule has 6 atom stereocenters. The molecule has 6 unspecified atom stereocenters. The number of fused-ring (bicyclic) bond motifs is 5. The van der Waals surface area contributed by atoms with Crippen LogP contribution in [0, 0.1) is 29.6 Å². The highest BCUT2D eigenvalue weighted by Gasteiger charge is 2.64. The molecule has 0 radical (unpaired) electrons. The van der Waals surface area contributed by atoms with Crippen molar-refractivity contribution in [2.45, 2.75) is 76.8 Å². The van der Waals surface area contributed by atoms with Crippen molar-refractivity contribution in [3.8, 4) is 0 Å². The summed E-state index contributed by atoms with van der Waals surface area (Å²) in [6.45, 7) is 2.38. The smallest absolute Gasteiger partial charge is 0.0138 e. The van der Waals surface area contributed by atoms with Gasteiger partial charge >= 0.3 is 0 Å². The summed E-state index contributed by atoms with van der Waals surface area (Å²) in [6, 6.07) is 1.83. The third-order valence-corrected chi connectivity index (χ3v) is 6.83. The van der Waals surface area contributed by atoms with Gasteiger partial charge in [0.1, 0.15) is 0 Å². The lowest BCUT2D eigenvalue weighted by atomic mass is 9.97. The quantitative estimate of drug-likeness (QED) is 0.744. The lowest BCUT2D eigenvalue weighted by Crippen LogP contribution is -2.33. The average Bonchev–Trinajstić information content (AvgIpc) is 2.85. The summed E-state index contributed by atoms with van der Waals surface area (Å²) in [6.07, 6.45) is 13.5. The molecule has 0 aromatic rings. The maximum absolute atomic E-state index is 4.08. The summed E-state index contributed by atoms with van der Waals surface area (Å²) in [4.78, 5) is 0. The van der Waals surface area contributed by atoms with Crippen molar-refractivity contribution in [2.24, 2.45) is 29.6 Å². The Hall–Kier alpha value is -0.0400. The van der Waals surface area contributed by atoms with Crippen LogP contribution in [0.4, 0.5) is 0 Å². The van der Waals surface area contributed by atoms with Crippen molar-refractivity contribution in [3.63, 3.8) is 0 Å². The van der Waals surface area contributed by atoms with E-state index in [1.807, 2.05) is 0 Å². The van der Waals surface area contributed by atoms with E-state index in [1.54, 1.807) is 19.3 Å². The molecule has 0 saturated heterocycles. The van der Waals surface area contributed by atoms with Crippen LogP contribution < -0.4 is 5.32 Å². The number of rotatable bonds is 3. The Kier molecular flexibility index (Phi) is 2.94. The second kappa shape index (κ2) is 4.51. The van der Waals surface area contributed by atoms with Crippen LogP contribution in [0.3, 0.4) is 0 Å². The molecule has 2 bridgehead atoms. The van der Waals surface area contributed by atoms with E-state index in [2.05, 4.69) is 12.2 Å². The first kappa shape index (κ1) is 11.8. The minimum absolute atomic E-state index is 0.872. The molecule has 4 fully saturated rings. The Labute approximate surface area is 112 Å². The Morgan fingerprint density at radius 1 is 0.889 bits per heavy atom. The second-order valence-electron chi connectivity index (χ2n) is 7.66. The van der Waals surface area contributed by atoms with Gasteiger partial charge in [0, 0.05) is 12.1 Å². The molecule has 4 saturated carbocycles. The van der Waals surface area contributed by atoms with Gasteiger partial charge in [0.25, 0.3) is 0 Å². The molecule has 0 aromatic carbocycles. The maximum atomic E-state index is 4.08. The van der Waals surface area contributed by atoms with Gasteiger partial charge in [-0.25, -0.2) is 0 Å². The topological polar surface area (TPSA) is 12.0 Å². The van der Waals surface area contributed by atoms with E-state index < -0.39 is 0 Å². The molecule has 1 nitrogen and oxygen atoms in total. The number of nitrogens with one attached hydrogen (secondary N) is 1. The van der Waals surface area contributed by atoms with Crippen LogP contribution in [-0.2, 0) is 0 Å². The first-order valence-corrected chi connectivity index (χ1v) is 8.63. The first-order chi connectivity index (χ1) is 8.86. The lowest BCUT2D eigenvalue weighted by molar-refractivity contribution is 0.384. The van der Waals surface area contributed by atoms with Crippen molar-refractivity contribution in [3.05, 3.63) is 0 Å². The van der Waals surface area contributed by atoms with Crippen LogP contribution in [-0.4, -0.2) is 12.1 Å². The largest absolute Gasteiger partial charge is 0.311 e. The van der Waals surface area contributed by atoms with Crippen LogP contribution in [0.1, 0.15) is 64.7 Å². The van der Waals surface area contributed by atoms with Crippen LogP contribution in [0.5, 0.6) is 0 Å². The molecule has 0 spiro atoms. The Morgan fingerprint density at radius 2 is 1.67 bits per heavy atom. The van der Waals surface area contributed by atoms with Gasteiger partial charge in [0.05, 0.1) is 0 Å². The Bertz CT molecular complexity index is 297. The van der Waals surface area contributed by atoms with Crippen LogP contribution in [0.15, 0.2) is 0 Å². The fraction of sp³-hybridized carbons (Fsp3) is 1.00. The van der Waals surface area contributed by atoms with Crippen LogP contribution >= 0.6 is 0 Å². The molecule has 0 aliphatic heterocycles. The molecule has 4 rings (SSSR count). The predicted octanol–water partition coefficient (Wildman–Crippen LogP) is 3.98. The van der Waals surface area contributed by atoms with Gasteiger partial charge < -0.3 is 5.32 Å². The van der Waals surface area contributed by atoms with Crippen LogP contribution in [0.2, 0.25) is 0 Å². The zero-order valence-corrected chi connectivity index (χ0v) is 11.9. The molecule has 102 valence electrons. The van der Waals surface area contributed by atoms with Crippen molar-refractivity contribution >= 4 is 0 Å². The van der Waals surface area contributed by atoms with E-state index in [0.717, 1.165) is 41.7 Å². The van der Waals surface area contributed by atoms with Crippen LogP contribution in [0.25, 0.3) is 0 Å². The normalized spacial score (nSPS) is 54.2. The second-order valence-corrected chi connectivity index (χ2v) is 7.66. The SMILES string of the molecule is CCC1CCCC(NC2C3C4CCC(C4)C23)CC1. The molecular formula is C17H29N.